The van der Waals surface area contributed by atoms with Crippen LogP contribution in [0.15, 0.2) is 12.3 Å². The first kappa shape index (κ1) is 13.8. The van der Waals surface area contributed by atoms with Gasteiger partial charge < -0.3 is 10.5 Å². The number of rotatable bonds is 6. The van der Waals surface area contributed by atoms with E-state index < -0.39 is 0 Å². The fraction of sp³-hybridized carbons (Fsp3) is 0.571. The van der Waals surface area contributed by atoms with Crippen molar-refractivity contribution in [2.75, 3.05) is 12.3 Å². The first-order valence-corrected chi connectivity index (χ1v) is 6.78. The largest absolute Gasteiger partial charge is 0.379 e. The molecule has 0 saturated heterocycles. The van der Waals surface area contributed by atoms with Gasteiger partial charge in [-0.15, -0.1) is 0 Å². The molecule has 0 amide bonds. The molecule has 0 aliphatic carbocycles. The highest BCUT2D eigenvalue weighted by Gasteiger charge is 2.10. The highest BCUT2D eigenvalue weighted by atomic mass is 16.5. The third-order valence-corrected chi connectivity index (χ3v) is 3.09. The Morgan fingerprint density at radius 1 is 1.37 bits per heavy atom. The van der Waals surface area contributed by atoms with E-state index in [2.05, 4.69) is 9.97 Å². The molecule has 0 aliphatic heterocycles. The number of ether oxygens (including phenoxy) is 1. The van der Waals surface area contributed by atoms with Gasteiger partial charge in [0.15, 0.2) is 5.65 Å². The molecule has 104 valence electrons. The minimum absolute atomic E-state index is 0.295. The number of aryl methyl sites for hydroxylation is 2. The quantitative estimate of drug-likeness (QED) is 0.812. The summed E-state index contributed by atoms with van der Waals surface area (Å²) in [5, 5.41) is 0. The molecular weight excluding hydrogens is 240 g/mol. The fourth-order valence-electron chi connectivity index (χ4n) is 2.07. The Morgan fingerprint density at radius 3 is 2.89 bits per heavy atom. The lowest BCUT2D eigenvalue weighted by Gasteiger charge is -2.08. The van der Waals surface area contributed by atoms with E-state index in [4.69, 9.17) is 10.5 Å². The van der Waals surface area contributed by atoms with Gasteiger partial charge in [0.2, 0.25) is 5.95 Å². The van der Waals surface area contributed by atoms with E-state index in [0.717, 1.165) is 42.7 Å². The van der Waals surface area contributed by atoms with Gasteiger partial charge in [0.1, 0.15) is 5.52 Å². The summed E-state index contributed by atoms with van der Waals surface area (Å²) >= 11 is 0. The van der Waals surface area contributed by atoms with Crippen LogP contribution >= 0.6 is 0 Å². The van der Waals surface area contributed by atoms with Gasteiger partial charge in [0.05, 0.1) is 6.10 Å². The SMILES string of the molecule is Cc1ccnc2c1nc(N)n2CCCCOC(C)C. The van der Waals surface area contributed by atoms with Crippen LogP contribution in [0, 0.1) is 6.92 Å². The Balaban J connectivity index is 2.01. The lowest BCUT2D eigenvalue weighted by molar-refractivity contribution is 0.0755. The molecule has 2 heterocycles. The fourth-order valence-corrected chi connectivity index (χ4v) is 2.07. The van der Waals surface area contributed by atoms with E-state index in [9.17, 15) is 0 Å². The first-order chi connectivity index (χ1) is 9.09. The molecule has 0 aromatic carbocycles. The van der Waals surface area contributed by atoms with E-state index in [1.165, 1.54) is 0 Å². The van der Waals surface area contributed by atoms with E-state index in [1.54, 1.807) is 6.20 Å². The topological polar surface area (TPSA) is 66.0 Å². The van der Waals surface area contributed by atoms with Crippen LogP contribution in [0.2, 0.25) is 0 Å². The van der Waals surface area contributed by atoms with Crippen molar-refractivity contribution < 1.29 is 4.74 Å². The summed E-state index contributed by atoms with van der Waals surface area (Å²) in [6.45, 7) is 7.75. The number of hydrogen-bond acceptors (Lipinski definition) is 4. The number of nitrogens with two attached hydrogens (primary N) is 1. The Kier molecular flexibility index (Phi) is 4.37. The Labute approximate surface area is 113 Å². The summed E-state index contributed by atoms with van der Waals surface area (Å²) in [6.07, 6.45) is 4.13. The van der Waals surface area contributed by atoms with E-state index in [1.807, 2.05) is 31.4 Å². The second-order valence-corrected chi connectivity index (χ2v) is 5.05. The third kappa shape index (κ3) is 3.23. The molecule has 0 bridgehead atoms. The zero-order chi connectivity index (χ0) is 13.8. The maximum absolute atomic E-state index is 5.97. The van der Waals surface area contributed by atoms with Gasteiger partial charge in [-0.2, -0.15) is 0 Å². The predicted molar refractivity (Wildman–Crippen MR) is 77.0 cm³/mol. The summed E-state index contributed by atoms with van der Waals surface area (Å²) in [6, 6.07) is 1.95. The van der Waals surface area contributed by atoms with Crippen LogP contribution in [-0.4, -0.2) is 27.2 Å². The zero-order valence-corrected chi connectivity index (χ0v) is 11.9. The lowest BCUT2D eigenvalue weighted by Crippen LogP contribution is -2.07. The highest BCUT2D eigenvalue weighted by Crippen LogP contribution is 2.19. The van der Waals surface area contributed by atoms with E-state index in [0.29, 0.717) is 12.1 Å². The summed E-state index contributed by atoms with van der Waals surface area (Å²) in [5.74, 6) is 0.543. The number of nitrogen functional groups attached to an aromatic ring is 1. The van der Waals surface area contributed by atoms with Gasteiger partial charge >= 0.3 is 0 Å². The van der Waals surface area contributed by atoms with Gasteiger partial charge in [0.25, 0.3) is 0 Å². The van der Waals surface area contributed by atoms with Crippen molar-refractivity contribution in [3.63, 3.8) is 0 Å². The van der Waals surface area contributed by atoms with Crippen LogP contribution in [0.1, 0.15) is 32.3 Å². The predicted octanol–water partition coefficient (Wildman–Crippen LogP) is 2.53. The Bertz CT molecular complexity index is 548. The van der Waals surface area contributed by atoms with Crippen molar-refractivity contribution in [3.8, 4) is 0 Å². The molecule has 2 rings (SSSR count). The van der Waals surface area contributed by atoms with Crippen LogP contribution in [0.4, 0.5) is 5.95 Å². The molecule has 0 aliphatic rings. The molecule has 5 nitrogen and oxygen atoms in total. The summed E-state index contributed by atoms with van der Waals surface area (Å²) in [7, 11) is 0. The van der Waals surface area contributed by atoms with Crippen molar-refractivity contribution in [2.24, 2.45) is 0 Å². The number of imidazole rings is 1. The van der Waals surface area contributed by atoms with Crippen LogP contribution in [0.3, 0.4) is 0 Å². The van der Waals surface area contributed by atoms with E-state index >= 15 is 0 Å². The molecule has 5 heteroatoms. The Hall–Kier alpha value is -1.62. The lowest BCUT2D eigenvalue weighted by atomic mass is 10.2. The zero-order valence-electron chi connectivity index (χ0n) is 11.9. The molecular formula is C14H22N4O. The van der Waals surface area contributed by atoms with Gasteiger partial charge in [-0.1, -0.05) is 0 Å². The van der Waals surface area contributed by atoms with Gasteiger partial charge in [0, 0.05) is 19.3 Å². The number of unbranched alkanes of at least 4 members (excludes halogenated alkanes) is 1. The van der Waals surface area contributed by atoms with E-state index in [-0.39, 0.29) is 0 Å². The van der Waals surface area contributed by atoms with Crippen LogP contribution in [-0.2, 0) is 11.3 Å². The normalized spacial score (nSPS) is 11.6. The number of nitrogens with zero attached hydrogens (tertiary/aromatic N) is 3. The molecule has 2 aromatic heterocycles. The number of anilines is 1. The second kappa shape index (κ2) is 6.02. The van der Waals surface area contributed by atoms with Gasteiger partial charge in [-0.05, 0) is 45.2 Å². The van der Waals surface area contributed by atoms with Gasteiger partial charge in [-0.3, -0.25) is 4.57 Å². The average Bonchev–Trinajstić information content (AvgIpc) is 2.67. The monoisotopic (exact) mass is 262 g/mol. The van der Waals surface area contributed by atoms with Crippen molar-refractivity contribution in [1.82, 2.24) is 14.5 Å². The third-order valence-electron chi connectivity index (χ3n) is 3.09. The highest BCUT2D eigenvalue weighted by molar-refractivity contribution is 5.77. The van der Waals surface area contributed by atoms with Gasteiger partial charge in [-0.25, -0.2) is 9.97 Å². The summed E-state index contributed by atoms with van der Waals surface area (Å²) in [5.41, 5.74) is 8.85. The number of fused-ring (bicyclic) bond motifs is 1. The minimum Gasteiger partial charge on any atom is -0.379 e. The van der Waals surface area contributed by atoms with Crippen LogP contribution < -0.4 is 5.73 Å². The molecule has 2 N–H and O–H groups in total. The number of aromatic nitrogens is 3. The molecule has 0 radical (unpaired) electrons. The molecule has 0 unspecified atom stereocenters. The second-order valence-electron chi connectivity index (χ2n) is 5.05. The van der Waals surface area contributed by atoms with Crippen LogP contribution in [0.5, 0.6) is 0 Å². The van der Waals surface area contributed by atoms with Crippen molar-refractivity contribution in [2.45, 2.75) is 46.3 Å². The standard InChI is InChI=1S/C14H22N4O/c1-10(2)19-9-5-4-8-18-13-12(17-14(18)15)11(3)6-7-16-13/h6-7,10H,4-5,8-9H2,1-3H3,(H2,15,17). The molecule has 0 saturated carbocycles. The summed E-state index contributed by atoms with van der Waals surface area (Å²) < 4.78 is 7.51. The van der Waals surface area contributed by atoms with Crippen LogP contribution in [0.25, 0.3) is 11.2 Å². The summed E-state index contributed by atoms with van der Waals surface area (Å²) in [4.78, 5) is 8.77. The van der Waals surface area contributed by atoms with Crippen molar-refractivity contribution >= 4 is 17.1 Å². The minimum atomic E-state index is 0.295. The average molecular weight is 262 g/mol. The number of pyridine rings is 1. The number of hydrogen-bond donors (Lipinski definition) is 1. The smallest absolute Gasteiger partial charge is 0.202 e. The Morgan fingerprint density at radius 2 is 2.16 bits per heavy atom. The van der Waals surface area contributed by atoms with Crippen molar-refractivity contribution in [3.05, 3.63) is 17.8 Å². The molecule has 0 spiro atoms. The molecule has 0 fully saturated rings. The maximum atomic E-state index is 5.97. The maximum Gasteiger partial charge on any atom is 0.202 e. The first-order valence-electron chi connectivity index (χ1n) is 6.78. The molecule has 19 heavy (non-hydrogen) atoms. The molecule has 0 atom stereocenters. The molecule has 2 aromatic rings. The van der Waals surface area contributed by atoms with Crippen molar-refractivity contribution in [1.29, 1.82) is 0 Å².